The van der Waals surface area contributed by atoms with Crippen molar-refractivity contribution in [1.29, 1.82) is 0 Å². The molecule has 1 heterocycles. The molecular weight excluding hydrogens is 619 g/mol. The predicted octanol–water partition coefficient (Wildman–Crippen LogP) is 8.44. The normalized spacial score (nSPS) is 19.2. The van der Waals surface area contributed by atoms with E-state index in [-0.39, 0.29) is 12.3 Å². The van der Waals surface area contributed by atoms with Crippen molar-refractivity contribution in [3.8, 4) is 0 Å². The Kier molecular flexibility index (Phi) is 7.69. The van der Waals surface area contributed by atoms with Crippen LogP contribution in [0.1, 0.15) is 28.7 Å². The molecule has 2 unspecified atom stereocenters. The van der Waals surface area contributed by atoms with Gasteiger partial charge in [-0.3, -0.25) is 0 Å². The van der Waals surface area contributed by atoms with Gasteiger partial charge in [0.15, 0.2) is 5.82 Å². The zero-order valence-electron chi connectivity index (χ0n) is 19.4. The van der Waals surface area contributed by atoms with E-state index in [0.29, 0.717) is 10.5 Å². The molecule has 1 aliphatic heterocycles. The molecule has 196 valence electrons. The van der Waals surface area contributed by atoms with Gasteiger partial charge < -0.3 is 4.84 Å². The molecule has 0 fully saturated rings. The first-order chi connectivity index (χ1) is 17.2. The Hall–Kier alpha value is -2.14. The highest BCUT2D eigenvalue weighted by molar-refractivity contribution is 9.10. The molecule has 12 heteroatoms. The molecule has 0 N–H and O–H groups in total. The average molecular weight is 638 g/mol. The Labute approximate surface area is 229 Å². The van der Waals surface area contributed by atoms with Crippen LogP contribution in [0.5, 0.6) is 0 Å². The fourth-order valence-electron chi connectivity index (χ4n) is 3.87. The molecule has 0 radical (unpaired) electrons. The Bertz CT molecular complexity index is 1510. The van der Waals surface area contributed by atoms with Gasteiger partial charge in [0, 0.05) is 27.6 Å². The van der Waals surface area contributed by atoms with E-state index < -0.39 is 49.4 Å². The van der Waals surface area contributed by atoms with Gasteiger partial charge >= 0.3 is 6.18 Å². The third-order valence-electron chi connectivity index (χ3n) is 6.03. The summed E-state index contributed by atoms with van der Waals surface area (Å²) < 4.78 is 74.9. The molecule has 4 nitrogen and oxygen atoms in total. The summed E-state index contributed by atoms with van der Waals surface area (Å²) in [4.78, 5) is 5.57. The molecule has 4 rings (SSSR count). The van der Waals surface area contributed by atoms with E-state index in [9.17, 15) is 21.8 Å². The van der Waals surface area contributed by atoms with Gasteiger partial charge in [0.25, 0.3) is 5.60 Å². The van der Waals surface area contributed by atoms with Crippen LogP contribution < -0.4 is 0 Å². The minimum atomic E-state index is -4.90. The monoisotopic (exact) mass is 636 g/mol. The van der Waals surface area contributed by atoms with Crippen molar-refractivity contribution in [3.63, 3.8) is 0 Å². The molecule has 2 atom stereocenters. The summed E-state index contributed by atoms with van der Waals surface area (Å²) >= 11 is 14.9. The first kappa shape index (κ1) is 27.9. The summed E-state index contributed by atoms with van der Waals surface area (Å²) in [6, 6.07) is 13.7. The molecule has 1 aliphatic rings. The molecule has 37 heavy (non-hydrogen) atoms. The molecule has 0 bridgehead atoms. The maximum absolute atomic E-state index is 14.3. The molecule has 0 saturated carbocycles. The predicted molar refractivity (Wildman–Crippen MR) is 140 cm³/mol. The largest absolute Gasteiger partial charge is 0.435 e. The third kappa shape index (κ3) is 5.53. The fourth-order valence-corrected chi connectivity index (χ4v) is 6.12. The van der Waals surface area contributed by atoms with Crippen LogP contribution in [0, 0.1) is 12.7 Å². The van der Waals surface area contributed by atoms with Gasteiger partial charge in [0.2, 0.25) is 0 Å². The van der Waals surface area contributed by atoms with Crippen molar-refractivity contribution in [1.82, 2.24) is 0 Å². The van der Waals surface area contributed by atoms with Gasteiger partial charge in [-0.25, -0.2) is 13.0 Å². The SMILES string of the molecule is Cc1cc(C2=NOC(c3cc(Cl)c(F)c(Cl)c3)(C(F)(F)F)C2)ccc1CN=S(C)(=O)c1cccc(Br)c1. The lowest BCUT2D eigenvalue weighted by Gasteiger charge is -2.29. The van der Waals surface area contributed by atoms with Crippen LogP contribution in [0.25, 0.3) is 0 Å². The number of nitrogens with zero attached hydrogens (tertiary/aromatic N) is 2. The van der Waals surface area contributed by atoms with E-state index in [0.717, 1.165) is 27.7 Å². The van der Waals surface area contributed by atoms with Gasteiger partial charge in [-0.05, 0) is 60.0 Å². The van der Waals surface area contributed by atoms with Gasteiger partial charge in [-0.2, -0.15) is 13.2 Å². The van der Waals surface area contributed by atoms with E-state index in [1.54, 1.807) is 49.6 Å². The number of aryl methyl sites for hydroxylation is 1. The highest BCUT2D eigenvalue weighted by Gasteiger charge is 2.62. The Morgan fingerprint density at radius 3 is 2.41 bits per heavy atom. The first-order valence-electron chi connectivity index (χ1n) is 10.7. The standard InChI is InChI=1S/C25H19BrCl2F4N2O2S/c1-14-8-15(6-7-16(14)13-33-37(2,35)19-5-3-4-18(26)11-19)22-12-24(36-34-22,25(30,31)32)17-9-20(27)23(29)21(28)10-17/h3-11H,12-13H2,1-2H3. The van der Waals surface area contributed by atoms with Gasteiger partial charge in [0.05, 0.1) is 32.0 Å². The van der Waals surface area contributed by atoms with E-state index in [4.69, 9.17) is 28.0 Å². The highest BCUT2D eigenvalue weighted by Crippen LogP contribution is 2.50. The second-order valence-electron chi connectivity index (χ2n) is 8.57. The zero-order chi connectivity index (χ0) is 27.2. The maximum atomic E-state index is 14.3. The summed E-state index contributed by atoms with van der Waals surface area (Å²) in [5.41, 5.74) is -1.38. The van der Waals surface area contributed by atoms with E-state index >= 15 is 0 Å². The number of alkyl halides is 3. The van der Waals surface area contributed by atoms with Crippen molar-refractivity contribution >= 4 is 54.6 Å². The molecule has 3 aromatic carbocycles. The lowest BCUT2D eigenvalue weighted by molar-refractivity contribution is -0.275. The minimum Gasteiger partial charge on any atom is -0.374 e. The van der Waals surface area contributed by atoms with Crippen molar-refractivity contribution in [2.24, 2.45) is 9.52 Å². The summed E-state index contributed by atoms with van der Waals surface area (Å²) in [7, 11) is -2.67. The second kappa shape index (κ2) is 10.2. The van der Waals surface area contributed by atoms with E-state index in [1.807, 2.05) is 6.07 Å². The molecule has 0 spiro atoms. The van der Waals surface area contributed by atoms with Crippen molar-refractivity contribution in [2.45, 2.75) is 36.6 Å². The molecule has 0 aromatic heterocycles. The first-order valence-corrected chi connectivity index (χ1v) is 14.2. The van der Waals surface area contributed by atoms with Gasteiger partial charge in [0.1, 0.15) is 0 Å². The van der Waals surface area contributed by atoms with E-state index in [2.05, 4.69) is 25.4 Å². The van der Waals surface area contributed by atoms with Crippen LogP contribution in [-0.4, -0.2) is 22.4 Å². The van der Waals surface area contributed by atoms with Crippen LogP contribution in [0.15, 0.2) is 73.5 Å². The van der Waals surface area contributed by atoms with Gasteiger partial charge in [-0.1, -0.05) is 62.5 Å². The molecule has 0 aliphatic carbocycles. The van der Waals surface area contributed by atoms with E-state index in [1.165, 1.54) is 0 Å². The summed E-state index contributed by atoms with van der Waals surface area (Å²) in [5.74, 6) is -1.02. The van der Waals surface area contributed by atoms with Crippen LogP contribution in [0.3, 0.4) is 0 Å². The number of hydrogen-bond acceptors (Lipinski definition) is 4. The lowest BCUT2D eigenvalue weighted by atomic mass is 9.86. The van der Waals surface area contributed by atoms with Crippen LogP contribution in [-0.2, 0) is 26.7 Å². The summed E-state index contributed by atoms with van der Waals surface area (Å²) in [5, 5.41) is 2.62. The van der Waals surface area contributed by atoms with Crippen molar-refractivity contribution in [2.75, 3.05) is 6.26 Å². The average Bonchev–Trinajstić information content (AvgIpc) is 3.28. The Morgan fingerprint density at radius 1 is 1.14 bits per heavy atom. The second-order valence-corrected chi connectivity index (χ2v) is 12.6. The number of oxime groups is 1. The van der Waals surface area contributed by atoms with Crippen LogP contribution >= 0.6 is 39.1 Å². The molecule has 0 saturated heterocycles. The smallest absolute Gasteiger partial charge is 0.374 e. The summed E-state index contributed by atoms with van der Waals surface area (Å²) in [6.45, 7) is 1.92. The van der Waals surface area contributed by atoms with Crippen LogP contribution in [0.2, 0.25) is 10.0 Å². The lowest BCUT2D eigenvalue weighted by Crippen LogP contribution is -2.42. The van der Waals surface area contributed by atoms with Crippen LogP contribution in [0.4, 0.5) is 17.6 Å². The summed E-state index contributed by atoms with van der Waals surface area (Å²) in [6.07, 6.45) is -4.01. The number of hydrogen-bond donors (Lipinski definition) is 0. The quantitative estimate of drug-likeness (QED) is 0.208. The minimum absolute atomic E-state index is 0.0499. The number of rotatable bonds is 5. The maximum Gasteiger partial charge on any atom is 0.435 e. The highest BCUT2D eigenvalue weighted by atomic mass is 79.9. The van der Waals surface area contributed by atoms with Crippen molar-refractivity contribution in [3.05, 3.63) is 97.2 Å². The molecular formula is C25H19BrCl2F4N2O2S. The fraction of sp³-hybridized carbons (Fsp3) is 0.240. The number of halogens is 7. The van der Waals surface area contributed by atoms with Crippen molar-refractivity contribution < 1.29 is 26.6 Å². The Morgan fingerprint density at radius 2 is 1.81 bits per heavy atom. The third-order valence-corrected chi connectivity index (χ3v) is 8.82. The Balaban J connectivity index is 1.61. The topological polar surface area (TPSA) is 51.0 Å². The number of benzene rings is 3. The zero-order valence-corrected chi connectivity index (χ0v) is 23.3. The molecule has 3 aromatic rings. The molecule has 0 amide bonds. The van der Waals surface area contributed by atoms with Gasteiger partial charge in [-0.15, -0.1) is 0 Å².